The summed E-state index contributed by atoms with van der Waals surface area (Å²) in [6.07, 6.45) is 0. The van der Waals surface area contributed by atoms with Crippen molar-refractivity contribution < 1.29 is 8.42 Å². The lowest BCUT2D eigenvalue weighted by Gasteiger charge is -2.32. The molecular formula is C10H16BrClN2O2S2. The van der Waals surface area contributed by atoms with Crippen LogP contribution in [-0.2, 0) is 10.0 Å². The molecule has 0 saturated carbocycles. The van der Waals surface area contributed by atoms with Gasteiger partial charge in [0.2, 0.25) is 10.0 Å². The van der Waals surface area contributed by atoms with Gasteiger partial charge in [0, 0.05) is 30.6 Å². The Morgan fingerprint density at radius 1 is 1.56 bits per heavy atom. The minimum Gasteiger partial charge on any atom is -0.314 e. The molecule has 1 fully saturated rings. The quantitative estimate of drug-likeness (QED) is 0.862. The van der Waals surface area contributed by atoms with Crippen molar-refractivity contribution in [2.45, 2.75) is 24.8 Å². The average molecular weight is 376 g/mol. The smallest absolute Gasteiger partial charge is 0.244 e. The van der Waals surface area contributed by atoms with Gasteiger partial charge in [-0.25, -0.2) is 8.42 Å². The Morgan fingerprint density at radius 2 is 2.22 bits per heavy atom. The van der Waals surface area contributed by atoms with Gasteiger partial charge in [0.1, 0.15) is 0 Å². The summed E-state index contributed by atoms with van der Waals surface area (Å²) in [7, 11) is -3.35. The molecule has 18 heavy (non-hydrogen) atoms. The lowest BCUT2D eigenvalue weighted by atomic mass is 10.3. The zero-order valence-electron chi connectivity index (χ0n) is 10.1. The normalized spacial score (nSPS) is 21.6. The maximum absolute atomic E-state index is 12.5. The van der Waals surface area contributed by atoms with Crippen LogP contribution in [0.1, 0.15) is 11.8 Å². The SMILES string of the molecule is Cc1sc(Br)cc1S(=O)(=O)N1CCNCC1C.Cl. The molecule has 104 valence electrons. The summed E-state index contributed by atoms with van der Waals surface area (Å²) in [6, 6.07) is 1.70. The van der Waals surface area contributed by atoms with Gasteiger partial charge in [0.25, 0.3) is 0 Å². The number of piperazine rings is 1. The molecule has 0 amide bonds. The van der Waals surface area contributed by atoms with Crippen LogP contribution < -0.4 is 5.32 Å². The topological polar surface area (TPSA) is 49.4 Å². The first-order valence-corrected chi connectivity index (χ1v) is 8.46. The summed E-state index contributed by atoms with van der Waals surface area (Å²) in [4.78, 5) is 1.27. The number of nitrogens with zero attached hydrogens (tertiary/aromatic N) is 1. The maximum Gasteiger partial charge on any atom is 0.244 e. The Morgan fingerprint density at radius 3 is 2.72 bits per heavy atom. The van der Waals surface area contributed by atoms with E-state index in [0.29, 0.717) is 24.5 Å². The molecule has 2 heterocycles. The summed E-state index contributed by atoms with van der Waals surface area (Å²) in [5, 5.41) is 3.20. The lowest BCUT2D eigenvalue weighted by Crippen LogP contribution is -2.52. The van der Waals surface area contributed by atoms with Crippen molar-refractivity contribution in [2.24, 2.45) is 0 Å². The highest BCUT2D eigenvalue weighted by Gasteiger charge is 2.32. The van der Waals surface area contributed by atoms with Gasteiger partial charge >= 0.3 is 0 Å². The van der Waals surface area contributed by atoms with Gasteiger partial charge in [-0.1, -0.05) is 0 Å². The second kappa shape index (κ2) is 6.19. The Labute approximate surface area is 126 Å². The third-order valence-electron chi connectivity index (χ3n) is 2.87. The van der Waals surface area contributed by atoms with E-state index in [9.17, 15) is 8.42 Å². The van der Waals surface area contributed by atoms with Crippen LogP contribution in [0.3, 0.4) is 0 Å². The minimum atomic E-state index is -3.35. The van der Waals surface area contributed by atoms with Gasteiger partial charge < -0.3 is 5.32 Å². The number of sulfonamides is 1. The van der Waals surface area contributed by atoms with Gasteiger partial charge in [0.15, 0.2) is 0 Å². The number of hydrogen-bond donors (Lipinski definition) is 1. The van der Waals surface area contributed by atoms with E-state index < -0.39 is 10.0 Å². The number of rotatable bonds is 2. The molecule has 1 aliphatic rings. The molecule has 1 saturated heterocycles. The van der Waals surface area contributed by atoms with Crippen LogP contribution in [0.4, 0.5) is 0 Å². The highest BCUT2D eigenvalue weighted by molar-refractivity contribution is 9.11. The standard InChI is InChI=1S/C10H15BrN2O2S2.ClH/c1-7-6-12-3-4-13(7)17(14,15)9-5-10(11)16-8(9)2;/h5,7,12H,3-4,6H2,1-2H3;1H. The van der Waals surface area contributed by atoms with E-state index in [2.05, 4.69) is 21.2 Å². The van der Waals surface area contributed by atoms with Crippen LogP contribution in [0.2, 0.25) is 0 Å². The molecule has 8 heteroatoms. The molecular weight excluding hydrogens is 360 g/mol. The van der Waals surface area contributed by atoms with E-state index in [1.807, 2.05) is 13.8 Å². The van der Waals surface area contributed by atoms with Gasteiger partial charge in [0.05, 0.1) is 8.68 Å². The lowest BCUT2D eigenvalue weighted by molar-refractivity contribution is 0.284. The molecule has 1 aromatic heterocycles. The van der Waals surface area contributed by atoms with E-state index in [0.717, 1.165) is 8.66 Å². The number of halogens is 2. The molecule has 2 rings (SSSR count). The van der Waals surface area contributed by atoms with Gasteiger partial charge in [-0.2, -0.15) is 4.31 Å². The zero-order valence-corrected chi connectivity index (χ0v) is 14.2. The number of aryl methyl sites for hydroxylation is 1. The Bertz CT molecular complexity index is 518. The Hall–Kier alpha value is 0.340. The van der Waals surface area contributed by atoms with Crippen LogP contribution in [0.15, 0.2) is 14.7 Å². The fourth-order valence-electron chi connectivity index (χ4n) is 1.99. The first-order chi connectivity index (χ1) is 7.93. The van der Waals surface area contributed by atoms with Crippen LogP contribution in [0.5, 0.6) is 0 Å². The summed E-state index contributed by atoms with van der Waals surface area (Å²) < 4.78 is 27.5. The molecule has 1 atom stereocenters. The molecule has 0 radical (unpaired) electrons. The molecule has 0 spiro atoms. The summed E-state index contributed by atoms with van der Waals surface area (Å²) >= 11 is 4.79. The number of hydrogen-bond acceptors (Lipinski definition) is 4. The van der Waals surface area contributed by atoms with Crippen molar-refractivity contribution in [1.29, 1.82) is 0 Å². The van der Waals surface area contributed by atoms with Crippen LogP contribution in [-0.4, -0.2) is 38.4 Å². The second-order valence-corrected chi connectivity index (χ2v) is 8.63. The van der Waals surface area contributed by atoms with E-state index >= 15 is 0 Å². The maximum atomic E-state index is 12.5. The zero-order chi connectivity index (χ0) is 12.6. The molecule has 0 aromatic carbocycles. The van der Waals surface area contributed by atoms with Crippen LogP contribution in [0.25, 0.3) is 0 Å². The van der Waals surface area contributed by atoms with E-state index in [1.165, 1.54) is 11.3 Å². The monoisotopic (exact) mass is 374 g/mol. The molecule has 1 N–H and O–H groups in total. The first kappa shape index (κ1) is 16.4. The molecule has 1 unspecified atom stereocenters. The molecule has 4 nitrogen and oxygen atoms in total. The fraction of sp³-hybridized carbons (Fsp3) is 0.600. The fourth-order valence-corrected chi connectivity index (χ4v) is 6.01. The van der Waals surface area contributed by atoms with Crippen molar-refractivity contribution in [3.63, 3.8) is 0 Å². The number of thiophene rings is 1. The van der Waals surface area contributed by atoms with E-state index in [4.69, 9.17) is 0 Å². The van der Waals surface area contributed by atoms with Crippen molar-refractivity contribution in [2.75, 3.05) is 19.6 Å². The predicted molar refractivity (Wildman–Crippen MR) is 80.2 cm³/mol. The van der Waals surface area contributed by atoms with Crippen LogP contribution >= 0.6 is 39.7 Å². The second-order valence-electron chi connectivity index (χ2n) is 4.14. The summed E-state index contributed by atoms with van der Waals surface area (Å²) in [5.74, 6) is 0. The summed E-state index contributed by atoms with van der Waals surface area (Å²) in [6.45, 7) is 5.74. The third kappa shape index (κ3) is 3.08. The van der Waals surface area contributed by atoms with E-state index in [1.54, 1.807) is 10.4 Å². The first-order valence-electron chi connectivity index (χ1n) is 5.41. The Balaban J connectivity index is 0.00000162. The molecule has 0 bridgehead atoms. The molecule has 1 aliphatic heterocycles. The minimum absolute atomic E-state index is 0. The van der Waals surface area contributed by atoms with Gasteiger partial charge in [-0.3, -0.25) is 0 Å². The molecule has 1 aromatic rings. The van der Waals surface area contributed by atoms with Crippen molar-refractivity contribution >= 4 is 49.7 Å². The summed E-state index contributed by atoms with van der Waals surface area (Å²) in [5.41, 5.74) is 0. The highest BCUT2D eigenvalue weighted by Crippen LogP contribution is 2.32. The predicted octanol–water partition coefficient (Wildman–Crippen LogP) is 2.22. The highest BCUT2D eigenvalue weighted by atomic mass is 79.9. The third-order valence-corrected chi connectivity index (χ3v) is 6.69. The van der Waals surface area contributed by atoms with Crippen molar-refractivity contribution in [3.05, 3.63) is 14.7 Å². The van der Waals surface area contributed by atoms with Crippen molar-refractivity contribution in [1.82, 2.24) is 9.62 Å². The van der Waals surface area contributed by atoms with E-state index in [-0.39, 0.29) is 18.4 Å². The number of nitrogens with one attached hydrogen (secondary N) is 1. The largest absolute Gasteiger partial charge is 0.314 e. The van der Waals surface area contributed by atoms with Crippen LogP contribution in [0, 0.1) is 6.92 Å². The van der Waals surface area contributed by atoms with Crippen molar-refractivity contribution in [3.8, 4) is 0 Å². The average Bonchev–Trinajstić information content (AvgIpc) is 2.59. The Kier molecular flexibility index (Phi) is 5.64. The van der Waals surface area contributed by atoms with Gasteiger partial charge in [-0.05, 0) is 35.8 Å². The van der Waals surface area contributed by atoms with Gasteiger partial charge in [-0.15, -0.1) is 23.7 Å². The molecule has 0 aliphatic carbocycles.